The SMILES string of the molecule is CSCc1c(C)cccc1C. The number of hydrogen-bond donors (Lipinski definition) is 0. The molecule has 0 amide bonds. The Hall–Kier alpha value is -0.430. The number of rotatable bonds is 2. The topological polar surface area (TPSA) is 0 Å². The fourth-order valence-corrected chi connectivity index (χ4v) is 1.97. The third-order valence-corrected chi connectivity index (χ3v) is 2.51. The van der Waals surface area contributed by atoms with Gasteiger partial charge in [-0.3, -0.25) is 0 Å². The molecule has 60 valence electrons. The Morgan fingerprint density at radius 2 is 1.73 bits per heavy atom. The van der Waals surface area contributed by atoms with E-state index in [1.807, 2.05) is 11.8 Å². The zero-order chi connectivity index (χ0) is 8.27. The summed E-state index contributed by atoms with van der Waals surface area (Å²) in [5.41, 5.74) is 4.33. The lowest BCUT2D eigenvalue weighted by molar-refractivity contribution is 1.24. The predicted molar refractivity (Wildman–Crippen MR) is 53.1 cm³/mol. The van der Waals surface area contributed by atoms with Gasteiger partial charge in [0.1, 0.15) is 0 Å². The molecule has 1 heteroatoms. The van der Waals surface area contributed by atoms with Gasteiger partial charge < -0.3 is 0 Å². The first-order valence-corrected chi connectivity index (χ1v) is 5.19. The van der Waals surface area contributed by atoms with Gasteiger partial charge in [0.05, 0.1) is 0 Å². The Balaban J connectivity index is 3.00. The summed E-state index contributed by atoms with van der Waals surface area (Å²) in [5.74, 6) is 1.14. The van der Waals surface area contributed by atoms with Gasteiger partial charge >= 0.3 is 0 Å². The molecule has 1 aromatic carbocycles. The van der Waals surface area contributed by atoms with E-state index >= 15 is 0 Å². The van der Waals surface area contributed by atoms with Crippen LogP contribution in [0.3, 0.4) is 0 Å². The quantitative estimate of drug-likeness (QED) is 0.650. The largest absolute Gasteiger partial charge is 0.161 e. The van der Waals surface area contributed by atoms with Crippen molar-refractivity contribution in [1.29, 1.82) is 0 Å². The highest BCUT2D eigenvalue weighted by Crippen LogP contribution is 2.17. The average molecular weight is 166 g/mol. The maximum Gasteiger partial charge on any atom is 0.0187 e. The van der Waals surface area contributed by atoms with Gasteiger partial charge in [0, 0.05) is 5.75 Å². The van der Waals surface area contributed by atoms with Crippen LogP contribution in [-0.4, -0.2) is 6.26 Å². The predicted octanol–water partition coefficient (Wildman–Crippen LogP) is 3.17. The van der Waals surface area contributed by atoms with Crippen LogP contribution in [0.25, 0.3) is 0 Å². The van der Waals surface area contributed by atoms with E-state index in [1.165, 1.54) is 16.7 Å². The standard InChI is InChI=1S/C10H14S/c1-8-5-4-6-9(2)10(8)7-11-3/h4-6H,7H2,1-3H3. The monoisotopic (exact) mass is 166 g/mol. The van der Waals surface area contributed by atoms with E-state index in [1.54, 1.807) is 0 Å². The molecule has 0 nitrogen and oxygen atoms in total. The zero-order valence-electron chi connectivity index (χ0n) is 7.35. The van der Waals surface area contributed by atoms with E-state index in [0.717, 1.165) is 5.75 Å². The van der Waals surface area contributed by atoms with E-state index < -0.39 is 0 Å². The number of benzene rings is 1. The second kappa shape index (κ2) is 3.82. The lowest BCUT2D eigenvalue weighted by Crippen LogP contribution is -1.89. The molecule has 0 aliphatic heterocycles. The molecule has 0 N–H and O–H groups in total. The van der Waals surface area contributed by atoms with Crippen LogP contribution in [0, 0.1) is 13.8 Å². The molecule has 0 saturated heterocycles. The van der Waals surface area contributed by atoms with E-state index in [4.69, 9.17) is 0 Å². The molecule has 0 saturated carbocycles. The summed E-state index contributed by atoms with van der Waals surface area (Å²) in [7, 11) is 0. The average Bonchev–Trinajstić information content (AvgIpc) is 1.97. The van der Waals surface area contributed by atoms with Crippen LogP contribution in [0.5, 0.6) is 0 Å². The smallest absolute Gasteiger partial charge is 0.0187 e. The minimum atomic E-state index is 1.14. The molecule has 1 rings (SSSR count). The van der Waals surface area contributed by atoms with Gasteiger partial charge in [0.2, 0.25) is 0 Å². The second-order valence-corrected chi connectivity index (χ2v) is 3.67. The minimum Gasteiger partial charge on any atom is -0.161 e. The fraction of sp³-hybridized carbons (Fsp3) is 0.400. The normalized spacial score (nSPS) is 10.1. The van der Waals surface area contributed by atoms with Gasteiger partial charge in [-0.05, 0) is 36.8 Å². The van der Waals surface area contributed by atoms with Gasteiger partial charge in [0.25, 0.3) is 0 Å². The van der Waals surface area contributed by atoms with Crippen molar-refractivity contribution in [3.63, 3.8) is 0 Å². The third kappa shape index (κ3) is 2.00. The molecule has 0 spiro atoms. The molecular weight excluding hydrogens is 152 g/mol. The molecule has 0 fully saturated rings. The molecular formula is C10H14S. The Kier molecular flexibility index (Phi) is 3.01. The van der Waals surface area contributed by atoms with Crippen LogP contribution in [0.1, 0.15) is 16.7 Å². The van der Waals surface area contributed by atoms with Crippen molar-refractivity contribution < 1.29 is 0 Å². The molecule has 1 aromatic rings. The van der Waals surface area contributed by atoms with Crippen molar-refractivity contribution >= 4 is 11.8 Å². The first kappa shape index (κ1) is 8.66. The molecule has 0 radical (unpaired) electrons. The van der Waals surface area contributed by atoms with E-state index in [0.29, 0.717) is 0 Å². The van der Waals surface area contributed by atoms with Crippen molar-refractivity contribution in [3.8, 4) is 0 Å². The molecule has 0 bridgehead atoms. The summed E-state index contributed by atoms with van der Waals surface area (Å²) in [6.45, 7) is 4.36. The Labute approximate surface area is 73.0 Å². The molecule has 0 heterocycles. The van der Waals surface area contributed by atoms with Gasteiger partial charge in [-0.15, -0.1) is 0 Å². The first-order valence-electron chi connectivity index (χ1n) is 3.79. The number of hydrogen-bond acceptors (Lipinski definition) is 1. The van der Waals surface area contributed by atoms with Gasteiger partial charge in [0.15, 0.2) is 0 Å². The van der Waals surface area contributed by atoms with Gasteiger partial charge in [-0.1, -0.05) is 18.2 Å². The molecule has 0 aliphatic carbocycles. The number of thioether (sulfide) groups is 1. The maximum atomic E-state index is 2.18. The van der Waals surface area contributed by atoms with Crippen molar-refractivity contribution in [1.82, 2.24) is 0 Å². The first-order chi connectivity index (χ1) is 5.25. The molecule has 0 atom stereocenters. The van der Waals surface area contributed by atoms with E-state index in [9.17, 15) is 0 Å². The summed E-state index contributed by atoms with van der Waals surface area (Å²) in [6.07, 6.45) is 2.14. The van der Waals surface area contributed by atoms with Crippen molar-refractivity contribution in [2.45, 2.75) is 19.6 Å². The highest BCUT2D eigenvalue weighted by molar-refractivity contribution is 7.97. The van der Waals surface area contributed by atoms with Crippen molar-refractivity contribution in [3.05, 3.63) is 34.9 Å². The maximum absolute atomic E-state index is 2.18. The molecule has 11 heavy (non-hydrogen) atoms. The molecule has 0 aromatic heterocycles. The Morgan fingerprint density at radius 3 is 2.18 bits per heavy atom. The van der Waals surface area contributed by atoms with Gasteiger partial charge in [-0.2, -0.15) is 11.8 Å². The molecule has 0 aliphatic rings. The highest BCUT2D eigenvalue weighted by atomic mass is 32.2. The van der Waals surface area contributed by atoms with Crippen LogP contribution in [0.4, 0.5) is 0 Å². The lowest BCUT2D eigenvalue weighted by Gasteiger charge is -2.06. The highest BCUT2D eigenvalue weighted by Gasteiger charge is 1.99. The summed E-state index contributed by atoms with van der Waals surface area (Å²) >= 11 is 1.88. The third-order valence-electron chi connectivity index (χ3n) is 1.93. The zero-order valence-corrected chi connectivity index (χ0v) is 8.16. The molecule has 0 unspecified atom stereocenters. The van der Waals surface area contributed by atoms with Crippen LogP contribution in [0.2, 0.25) is 0 Å². The van der Waals surface area contributed by atoms with E-state index in [-0.39, 0.29) is 0 Å². The lowest BCUT2D eigenvalue weighted by atomic mass is 10.1. The van der Waals surface area contributed by atoms with Crippen LogP contribution in [0.15, 0.2) is 18.2 Å². The summed E-state index contributed by atoms with van der Waals surface area (Å²) < 4.78 is 0. The van der Waals surface area contributed by atoms with Crippen molar-refractivity contribution in [2.24, 2.45) is 0 Å². The van der Waals surface area contributed by atoms with Crippen LogP contribution < -0.4 is 0 Å². The summed E-state index contributed by atoms with van der Waals surface area (Å²) in [6, 6.07) is 6.48. The summed E-state index contributed by atoms with van der Waals surface area (Å²) in [5, 5.41) is 0. The minimum absolute atomic E-state index is 1.14. The van der Waals surface area contributed by atoms with Crippen LogP contribution in [-0.2, 0) is 5.75 Å². The van der Waals surface area contributed by atoms with Crippen LogP contribution >= 0.6 is 11.8 Å². The number of aryl methyl sites for hydroxylation is 2. The second-order valence-electron chi connectivity index (χ2n) is 2.80. The van der Waals surface area contributed by atoms with E-state index in [2.05, 4.69) is 38.3 Å². The fourth-order valence-electron chi connectivity index (χ4n) is 1.22. The Bertz CT molecular complexity index is 220. The Morgan fingerprint density at radius 1 is 1.18 bits per heavy atom. The van der Waals surface area contributed by atoms with Gasteiger partial charge in [-0.25, -0.2) is 0 Å². The van der Waals surface area contributed by atoms with Crippen molar-refractivity contribution in [2.75, 3.05) is 6.26 Å². The summed E-state index contributed by atoms with van der Waals surface area (Å²) in [4.78, 5) is 0.